The number of hydroxylamine groups is 1. The Labute approximate surface area is 99.7 Å². The predicted molar refractivity (Wildman–Crippen MR) is 57.8 cm³/mol. The summed E-state index contributed by atoms with van der Waals surface area (Å²) < 4.78 is 35.5. The molecule has 1 aromatic carbocycles. The Hall–Kier alpha value is -2.02. The lowest BCUT2D eigenvalue weighted by atomic mass is 10.2. The third-order valence-corrected chi connectivity index (χ3v) is 2.23. The number of para-hydroxylation sites is 1. The highest BCUT2D eigenvalue weighted by atomic mass is 19.4. The number of halogens is 3. The minimum atomic E-state index is -4.48. The zero-order valence-corrected chi connectivity index (χ0v) is 9.04. The molecule has 0 fully saturated rings. The molecule has 0 radical (unpaired) electrons. The molecule has 2 N–H and O–H groups in total. The molecule has 0 atom stereocenters. The molecule has 0 aliphatic carbocycles. The Morgan fingerprint density at radius 1 is 1.33 bits per heavy atom. The van der Waals surface area contributed by atoms with Crippen LogP contribution in [-0.4, -0.2) is 23.7 Å². The van der Waals surface area contributed by atoms with Gasteiger partial charge in [0.1, 0.15) is 0 Å². The van der Waals surface area contributed by atoms with E-state index in [-0.39, 0.29) is 5.56 Å². The fourth-order valence-electron chi connectivity index (χ4n) is 1.50. The summed E-state index contributed by atoms with van der Waals surface area (Å²) >= 11 is 0. The molecule has 0 unspecified atom stereocenters. The molecule has 0 bridgehead atoms. The number of carbonyl (C=O) groups excluding carboxylic acids is 1. The topological polar surface area (TPSA) is 54.1 Å². The van der Waals surface area contributed by atoms with Gasteiger partial charge in [-0.3, -0.25) is 9.63 Å². The molecule has 18 heavy (non-hydrogen) atoms. The van der Waals surface area contributed by atoms with Crippen LogP contribution < -0.4 is 5.48 Å². The molecular weight excluding hydrogens is 249 g/mol. The summed E-state index contributed by atoms with van der Waals surface area (Å²) in [5.41, 5.74) is 2.71. The maximum atomic E-state index is 11.8. The first-order valence-electron chi connectivity index (χ1n) is 5.02. The molecule has 4 nitrogen and oxygen atoms in total. The lowest BCUT2D eigenvalue weighted by Gasteiger charge is -2.07. The largest absolute Gasteiger partial charge is 0.414 e. The van der Waals surface area contributed by atoms with E-state index in [0.29, 0.717) is 5.39 Å². The van der Waals surface area contributed by atoms with Gasteiger partial charge in [-0.15, -0.1) is 0 Å². The summed E-state index contributed by atoms with van der Waals surface area (Å²) in [5.74, 6) is -0.725. The molecule has 2 aromatic rings. The van der Waals surface area contributed by atoms with Crippen LogP contribution >= 0.6 is 0 Å². The molecule has 1 aromatic heterocycles. The van der Waals surface area contributed by atoms with Crippen LogP contribution in [0.1, 0.15) is 10.4 Å². The summed E-state index contributed by atoms with van der Waals surface area (Å²) in [4.78, 5) is 18.5. The Bertz CT molecular complexity index is 563. The zero-order chi connectivity index (χ0) is 13.2. The molecular formula is C11H9F3N2O2. The Morgan fingerprint density at radius 3 is 2.78 bits per heavy atom. The van der Waals surface area contributed by atoms with Gasteiger partial charge < -0.3 is 4.98 Å². The third-order valence-electron chi connectivity index (χ3n) is 2.23. The van der Waals surface area contributed by atoms with Gasteiger partial charge in [-0.2, -0.15) is 13.2 Å². The van der Waals surface area contributed by atoms with Crippen molar-refractivity contribution in [1.29, 1.82) is 0 Å². The second kappa shape index (κ2) is 4.69. The minimum Gasteiger partial charge on any atom is -0.360 e. The smallest absolute Gasteiger partial charge is 0.360 e. The molecule has 96 valence electrons. The number of rotatable bonds is 3. The summed E-state index contributed by atoms with van der Waals surface area (Å²) in [7, 11) is 0. The average molecular weight is 258 g/mol. The standard InChI is InChI=1S/C11H9F3N2O2/c12-11(13,14)6-18-16-10(17)8-5-15-9-4-2-1-3-7(8)9/h1-5,15H,6H2,(H,16,17). The average Bonchev–Trinajstić information content (AvgIpc) is 2.70. The zero-order valence-electron chi connectivity index (χ0n) is 9.04. The second-order valence-corrected chi connectivity index (χ2v) is 3.58. The van der Waals surface area contributed by atoms with Crippen LogP contribution in [0.2, 0.25) is 0 Å². The molecule has 0 aliphatic rings. The fraction of sp³-hybridized carbons (Fsp3) is 0.182. The van der Waals surface area contributed by atoms with E-state index in [0.717, 1.165) is 5.52 Å². The lowest BCUT2D eigenvalue weighted by molar-refractivity contribution is -0.184. The van der Waals surface area contributed by atoms with Crippen molar-refractivity contribution in [2.75, 3.05) is 6.61 Å². The third kappa shape index (κ3) is 2.80. The van der Waals surface area contributed by atoms with Crippen LogP contribution in [0.4, 0.5) is 13.2 Å². The summed E-state index contributed by atoms with van der Waals surface area (Å²) in [6.07, 6.45) is -3.07. The van der Waals surface area contributed by atoms with Gasteiger partial charge in [0.05, 0.1) is 5.56 Å². The number of fused-ring (bicyclic) bond motifs is 1. The summed E-state index contributed by atoms with van der Waals surface area (Å²) in [5, 5.41) is 0.616. The highest BCUT2D eigenvalue weighted by Crippen LogP contribution is 2.18. The summed E-state index contributed by atoms with van der Waals surface area (Å²) in [6, 6.07) is 6.94. The summed E-state index contributed by atoms with van der Waals surface area (Å²) in [6.45, 7) is -1.53. The van der Waals surface area contributed by atoms with Gasteiger partial charge in [0.25, 0.3) is 5.91 Å². The van der Waals surface area contributed by atoms with Crippen molar-refractivity contribution in [2.45, 2.75) is 6.18 Å². The number of aromatic nitrogens is 1. The number of carbonyl (C=O) groups is 1. The molecule has 7 heteroatoms. The Kier molecular flexibility index (Phi) is 3.24. The van der Waals surface area contributed by atoms with Crippen molar-refractivity contribution in [3.8, 4) is 0 Å². The highest BCUT2D eigenvalue weighted by molar-refractivity contribution is 6.06. The first-order valence-corrected chi connectivity index (χ1v) is 5.02. The Balaban J connectivity index is 2.05. The van der Waals surface area contributed by atoms with Crippen LogP contribution in [-0.2, 0) is 4.84 Å². The molecule has 0 saturated heterocycles. The molecule has 2 rings (SSSR count). The molecule has 1 heterocycles. The van der Waals surface area contributed by atoms with E-state index in [2.05, 4.69) is 9.82 Å². The normalized spacial score (nSPS) is 11.7. The molecule has 0 aliphatic heterocycles. The number of aromatic amines is 1. The maximum Gasteiger partial charge on any atom is 0.414 e. The van der Waals surface area contributed by atoms with Crippen LogP contribution in [0.15, 0.2) is 30.5 Å². The van der Waals surface area contributed by atoms with E-state index in [1.807, 2.05) is 0 Å². The number of benzene rings is 1. The van der Waals surface area contributed by atoms with Gasteiger partial charge in [-0.05, 0) is 6.07 Å². The number of alkyl halides is 3. The number of nitrogens with one attached hydrogen (secondary N) is 2. The van der Waals surface area contributed by atoms with E-state index >= 15 is 0 Å². The van der Waals surface area contributed by atoms with Gasteiger partial charge >= 0.3 is 6.18 Å². The van der Waals surface area contributed by atoms with Crippen molar-refractivity contribution in [3.05, 3.63) is 36.0 Å². The van der Waals surface area contributed by atoms with Gasteiger partial charge in [-0.25, -0.2) is 5.48 Å². The quantitative estimate of drug-likeness (QED) is 0.830. The van der Waals surface area contributed by atoms with Crippen LogP contribution in [0.3, 0.4) is 0 Å². The fourth-order valence-corrected chi connectivity index (χ4v) is 1.50. The first-order chi connectivity index (χ1) is 8.47. The van der Waals surface area contributed by atoms with Gasteiger partial charge in [0.15, 0.2) is 6.61 Å². The minimum absolute atomic E-state index is 0.229. The van der Waals surface area contributed by atoms with E-state index < -0.39 is 18.7 Å². The first kappa shape index (κ1) is 12.4. The number of H-pyrrole nitrogens is 1. The highest BCUT2D eigenvalue weighted by Gasteiger charge is 2.28. The molecule has 1 amide bonds. The lowest BCUT2D eigenvalue weighted by Crippen LogP contribution is -2.29. The van der Waals surface area contributed by atoms with Crippen LogP contribution in [0, 0.1) is 0 Å². The SMILES string of the molecule is O=C(NOCC(F)(F)F)c1c[nH]c2ccccc12. The number of amides is 1. The van der Waals surface area contributed by atoms with Crippen LogP contribution in [0.25, 0.3) is 10.9 Å². The number of hydrogen-bond acceptors (Lipinski definition) is 2. The van der Waals surface area contributed by atoms with Crippen molar-refractivity contribution >= 4 is 16.8 Å². The van der Waals surface area contributed by atoms with E-state index in [4.69, 9.17) is 0 Å². The monoisotopic (exact) mass is 258 g/mol. The molecule has 0 saturated carbocycles. The van der Waals surface area contributed by atoms with E-state index in [1.165, 1.54) is 6.20 Å². The van der Waals surface area contributed by atoms with Gasteiger partial charge in [0.2, 0.25) is 0 Å². The molecule has 0 spiro atoms. The number of hydrogen-bond donors (Lipinski definition) is 2. The van der Waals surface area contributed by atoms with Crippen molar-refractivity contribution in [2.24, 2.45) is 0 Å². The van der Waals surface area contributed by atoms with Gasteiger partial charge in [-0.1, -0.05) is 18.2 Å². The van der Waals surface area contributed by atoms with E-state index in [9.17, 15) is 18.0 Å². The maximum absolute atomic E-state index is 11.8. The second-order valence-electron chi connectivity index (χ2n) is 3.58. The van der Waals surface area contributed by atoms with Gasteiger partial charge in [0, 0.05) is 17.1 Å². The van der Waals surface area contributed by atoms with Crippen LogP contribution in [0.5, 0.6) is 0 Å². The van der Waals surface area contributed by atoms with Crippen molar-refractivity contribution < 1.29 is 22.8 Å². The Morgan fingerprint density at radius 2 is 2.06 bits per heavy atom. The predicted octanol–water partition coefficient (Wildman–Crippen LogP) is 2.39. The van der Waals surface area contributed by atoms with Crippen molar-refractivity contribution in [1.82, 2.24) is 10.5 Å². The van der Waals surface area contributed by atoms with Crippen molar-refractivity contribution in [3.63, 3.8) is 0 Å². The van der Waals surface area contributed by atoms with E-state index in [1.54, 1.807) is 29.7 Å².